The number of rotatable bonds is 4. The Morgan fingerprint density at radius 1 is 1.11 bits per heavy atom. The van der Waals surface area contributed by atoms with Crippen LogP contribution >= 0.6 is 0 Å². The van der Waals surface area contributed by atoms with E-state index in [-0.39, 0.29) is 5.97 Å². The maximum atomic E-state index is 11.8. The van der Waals surface area contributed by atoms with E-state index in [1.165, 1.54) is 5.56 Å². The van der Waals surface area contributed by atoms with Gasteiger partial charge in [-0.25, -0.2) is 4.79 Å². The van der Waals surface area contributed by atoms with Gasteiger partial charge in [0.05, 0.1) is 17.9 Å². The molecule has 0 spiro atoms. The average Bonchev–Trinajstić information content (AvgIpc) is 2.42. The van der Waals surface area contributed by atoms with Crippen LogP contribution in [0, 0.1) is 6.92 Å². The maximum Gasteiger partial charge on any atom is 0.340 e. The molecule has 2 rings (SSSR count). The van der Waals surface area contributed by atoms with Gasteiger partial charge in [0.2, 0.25) is 0 Å². The first-order valence-electron chi connectivity index (χ1n) is 6.30. The Balaban J connectivity index is 2.24. The van der Waals surface area contributed by atoms with Crippen LogP contribution in [0.2, 0.25) is 0 Å². The zero-order valence-corrected chi connectivity index (χ0v) is 11.1. The van der Waals surface area contributed by atoms with Crippen molar-refractivity contribution in [2.45, 2.75) is 13.8 Å². The third-order valence-corrected chi connectivity index (χ3v) is 2.75. The van der Waals surface area contributed by atoms with Gasteiger partial charge in [-0.2, -0.15) is 0 Å². The number of carbonyl (C=O) groups is 1. The molecule has 19 heavy (non-hydrogen) atoms. The van der Waals surface area contributed by atoms with Crippen molar-refractivity contribution >= 4 is 17.3 Å². The zero-order valence-electron chi connectivity index (χ0n) is 11.1. The van der Waals surface area contributed by atoms with Crippen molar-refractivity contribution in [3.63, 3.8) is 0 Å². The second-order valence-corrected chi connectivity index (χ2v) is 4.26. The quantitative estimate of drug-likeness (QED) is 0.842. The van der Waals surface area contributed by atoms with Gasteiger partial charge in [0.25, 0.3) is 0 Å². The lowest BCUT2D eigenvalue weighted by molar-refractivity contribution is 0.0527. The lowest BCUT2D eigenvalue weighted by Gasteiger charge is -2.11. The van der Waals surface area contributed by atoms with Crippen LogP contribution in [0.25, 0.3) is 0 Å². The molecule has 0 aliphatic rings. The molecule has 0 aliphatic carbocycles. The molecule has 1 N–H and O–H groups in total. The van der Waals surface area contributed by atoms with E-state index in [0.717, 1.165) is 11.4 Å². The highest BCUT2D eigenvalue weighted by atomic mass is 16.5. The van der Waals surface area contributed by atoms with Gasteiger partial charge in [-0.05, 0) is 38.1 Å². The second-order valence-electron chi connectivity index (χ2n) is 4.26. The molecule has 0 saturated carbocycles. The molecule has 0 aliphatic heterocycles. The van der Waals surface area contributed by atoms with Crippen LogP contribution in [-0.2, 0) is 4.74 Å². The largest absolute Gasteiger partial charge is 0.462 e. The Morgan fingerprint density at radius 3 is 2.47 bits per heavy atom. The van der Waals surface area contributed by atoms with Crippen LogP contribution in [0.1, 0.15) is 22.8 Å². The summed E-state index contributed by atoms with van der Waals surface area (Å²) < 4.78 is 5.05. The van der Waals surface area contributed by atoms with Crippen molar-refractivity contribution in [3.8, 4) is 0 Å². The molecule has 0 fully saturated rings. The van der Waals surface area contributed by atoms with Gasteiger partial charge in [0, 0.05) is 5.69 Å². The van der Waals surface area contributed by atoms with E-state index < -0.39 is 0 Å². The molecule has 2 aromatic rings. The van der Waals surface area contributed by atoms with Crippen molar-refractivity contribution in [1.82, 2.24) is 0 Å². The summed E-state index contributed by atoms with van der Waals surface area (Å²) >= 11 is 0. The van der Waals surface area contributed by atoms with Crippen molar-refractivity contribution in [2.75, 3.05) is 11.9 Å². The Labute approximate surface area is 113 Å². The van der Waals surface area contributed by atoms with Crippen molar-refractivity contribution < 1.29 is 9.53 Å². The van der Waals surface area contributed by atoms with Crippen LogP contribution in [-0.4, -0.2) is 12.6 Å². The SMILES string of the molecule is CCOC(=O)c1ccccc1Nc1ccc(C)cc1. The Morgan fingerprint density at radius 2 is 1.79 bits per heavy atom. The number of hydrogen-bond donors (Lipinski definition) is 1. The number of carbonyl (C=O) groups excluding carboxylic acids is 1. The smallest absolute Gasteiger partial charge is 0.340 e. The highest BCUT2D eigenvalue weighted by Crippen LogP contribution is 2.21. The number of hydrogen-bond acceptors (Lipinski definition) is 3. The summed E-state index contributed by atoms with van der Waals surface area (Å²) in [5.41, 5.74) is 3.45. The number of ether oxygens (including phenoxy) is 1. The molecule has 0 heterocycles. The van der Waals surface area contributed by atoms with Gasteiger partial charge in [-0.1, -0.05) is 29.8 Å². The minimum Gasteiger partial charge on any atom is -0.462 e. The predicted molar refractivity (Wildman–Crippen MR) is 76.9 cm³/mol. The Bertz CT molecular complexity index is 561. The molecule has 98 valence electrons. The standard InChI is InChI=1S/C16H17NO2/c1-3-19-16(18)14-6-4-5-7-15(14)17-13-10-8-12(2)9-11-13/h4-11,17H,3H2,1-2H3. The van der Waals surface area contributed by atoms with E-state index >= 15 is 0 Å². The molecule has 0 saturated heterocycles. The summed E-state index contributed by atoms with van der Waals surface area (Å²) in [4.78, 5) is 11.8. The van der Waals surface area contributed by atoms with E-state index in [0.29, 0.717) is 12.2 Å². The van der Waals surface area contributed by atoms with Crippen LogP contribution in [0.15, 0.2) is 48.5 Å². The van der Waals surface area contributed by atoms with Crippen molar-refractivity contribution in [2.24, 2.45) is 0 Å². The van der Waals surface area contributed by atoms with Gasteiger partial charge < -0.3 is 10.1 Å². The number of aryl methyl sites for hydroxylation is 1. The fourth-order valence-electron chi connectivity index (χ4n) is 1.77. The first-order chi connectivity index (χ1) is 9.20. The molecule has 0 amide bonds. The molecule has 0 radical (unpaired) electrons. The summed E-state index contributed by atoms with van der Waals surface area (Å²) in [6.07, 6.45) is 0. The number of benzene rings is 2. The maximum absolute atomic E-state index is 11.8. The molecule has 3 nitrogen and oxygen atoms in total. The summed E-state index contributed by atoms with van der Waals surface area (Å²) in [5, 5.41) is 3.24. The average molecular weight is 255 g/mol. The Kier molecular flexibility index (Phi) is 4.18. The fraction of sp³-hybridized carbons (Fsp3) is 0.188. The number of esters is 1. The van der Waals surface area contributed by atoms with Crippen LogP contribution < -0.4 is 5.32 Å². The molecular formula is C16H17NO2. The monoisotopic (exact) mass is 255 g/mol. The third kappa shape index (κ3) is 3.35. The predicted octanol–water partition coefficient (Wildman–Crippen LogP) is 3.92. The van der Waals surface area contributed by atoms with E-state index in [1.54, 1.807) is 13.0 Å². The van der Waals surface area contributed by atoms with E-state index in [4.69, 9.17) is 4.74 Å². The van der Waals surface area contributed by atoms with Crippen LogP contribution in [0.5, 0.6) is 0 Å². The number of para-hydroxylation sites is 1. The molecule has 0 aromatic heterocycles. The topological polar surface area (TPSA) is 38.3 Å². The normalized spacial score (nSPS) is 10.0. The zero-order chi connectivity index (χ0) is 13.7. The molecule has 0 bridgehead atoms. The molecule has 0 atom stereocenters. The minimum absolute atomic E-state index is 0.308. The van der Waals surface area contributed by atoms with Crippen LogP contribution in [0.3, 0.4) is 0 Å². The van der Waals surface area contributed by atoms with Crippen molar-refractivity contribution in [1.29, 1.82) is 0 Å². The lowest BCUT2D eigenvalue weighted by Crippen LogP contribution is -2.07. The fourth-order valence-corrected chi connectivity index (χ4v) is 1.77. The van der Waals surface area contributed by atoms with Gasteiger partial charge >= 0.3 is 5.97 Å². The molecule has 0 unspecified atom stereocenters. The lowest BCUT2D eigenvalue weighted by atomic mass is 10.1. The summed E-state index contributed by atoms with van der Waals surface area (Å²) in [6, 6.07) is 15.4. The number of nitrogens with one attached hydrogen (secondary N) is 1. The highest BCUT2D eigenvalue weighted by molar-refractivity contribution is 5.96. The summed E-state index contributed by atoms with van der Waals surface area (Å²) in [5.74, 6) is -0.308. The van der Waals surface area contributed by atoms with Gasteiger partial charge in [0.15, 0.2) is 0 Å². The van der Waals surface area contributed by atoms with E-state index in [9.17, 15) is 4.79 Å². The summed E-state index contributed by atoms with van der Waals surface area (Å²) in [6.45, 7) is 4.21. The van der Waals surface area contributed by atoms with Gasteiger partial charge in [-0.3, -0.25) is 0 Å². The first-order valence-corrected chi connectivity index (χ1v) is 6.30. The third-order valence-electron chi connectivity index (χ3n) is 2.75. The van der Waals surface area contributed by atoms with Crippen LogP contribution in [0.4, 0.5) is 11.4 Å². The van der Waals surface area contributed by atoms with E-state index in [2.05, 4.69) is 5.32 Å². The van der Waals surface area contributed by atoms with Gasteiger partial charge in [-0.15, -0.1) is 0 Å². The minimum atomic E-state index is -0.308. The highest BCUT2D eigenvalue weighted by Gasteiger charge is 2.11. The molecule has 2 aromatic carbocycles. The molecule has 3 heteroatoms. The molecular weight excluding hydrogens is 238 g/mol. The van der Waals surface area contributed by atoms with E-state index in [1.807, 2.05) is 49.4 Å². The number of anilines is 2. The first kappa shape index (κ1) is 13.1. The Hall–Kier alpha value is -2.29. The van der Waals surface area contributed by atoms with Gasteiger partial charge in [0.1, 0.15) is 0 Å². The van der Waals surface area contributed by atoms with Crippen molar-refractivity contribution in [3.05, 3.63) is 59.7 Å². The second kappa shape index (κ2) is 6.05. The summed E-state index contributed by atoms with van der Waals surface area (Å²) in [7, 11) is 0.